The molecule has 0 spiro atoms. The molecule has 0 saturated carbocycles. The van der Waals surface area contributed by atoms with E-state index < -0.39 is 0 Å². The Bertz CT molecular complexity index is 575. The minimum absolute atomic E-state index is 0.0150. The van der Waals surface area contributed by atoms with E-state index in [-0.39, 0.29) is 18.6 Å². The molecule has 0 aliphatic rings. The smallest absolute Gasteiger partial charge is 0.261 e. The van der Waals surface area contributed by atoms with Gasteiger partial charge in [0.2, 0.25) is 0 Å². The van der Waals surface area contributed by atoms with Crippen LogP contribution in [0.4, 0.5) is 0 Å². The zero-order valence-electron chi connectivity index (χ0n) is 13.0. The maximum Gasteiger partial charge on any atom is 0.261 e. The predicted octanol–water partition coefficient (Wildman–Crippen LogP) is 2.68. The Morgan fingerprint density at radius 2 is 2.00 bits per heavy atom. The molecule has 0 N–H and O–H groups in total. The minimum atomic E-state index is -0.0324. The van der Waals surface area contributed by atoms with Gasteiger partial charge in [-0.2, -0.15) is 0 Å². The van der Waals surface area contributed by atoms with Gasteiger partial charge in [-0.05, 0) is 43.2 Å². The highest BCUT2D eigenvalue weighted by Crippen LogP contribution is 2.12. The Labute approximate surface area is 131 Å². The van der Waals surface area contributed by atoms with E-state index in [0.717, 1.165) is 12.0 Å². The number of ether oxygens (including phenoxy) is 1. The summed E-state index contributed by atoms with van der Waals surface area (Å²) in [5.41, 5.74) is 1.06. The fourth-order valence-corrected chi connectivity index (χ4v) is 2.06. The summed E-state index contributed by atoms with van der Waals surface area (Å²) in [6, 6.07) is 7.56. The highest BCUT2D eigenvalue weighted by molar-refractivity contribution is 5.78. The molecular formula is C17H21N3O2. The molecule has 0 aliphatic carbocycles. The highest BCUT2D eigenvalue weighted by Gasteiger charge is 2.19. The number of carbonyl (C=O) groups excluding carboxylic acids is 1. The van der Waals surface area contributed by atoms with Gasteiger partial charge in [-0.3, -0.25) is 14.8 Å². The highest BCUT2D eigenvalue weighted by atomic mass is 16.5. The van der Waals surface area contributed by atoms with Gasteiger partial charge in [0.15, 0.2) is 6.61 Å². The van der Waals surface area contributed by atoms with Crippen LogP contribution in [0.25, 0.3) is 0 Å². The zero-order chi connectivity index (χ0) is 15.8. The SMILES string of the molecule is CCC(C)N(Cc1ccncc1)C(=O)COc1cccnc1. The van der Waals surface area contributed by atoms with Crippen LogP contribution >= 0.6 is 0 Å². The average molecular weight is 299 g/mol. The van der Waals surface area contributed by atoms with Crippen molar-refractivity contribution in [2.45, 2.75) is 32.9 Å². The fraction of sp³-hybridized carbons (Fsp3) is 0.353. The number of hydrogen-bond acceptors (Lipinski definition) is 4. The van der Waals surface area contributed by atoms with Crippen molar-refractivity contribution >= 4 is 5.91 Å². The van der Waals surface area contributed by atoms with E-state index in [9.17, 15) is 4.79 Å². The molecule has 116 valence electrons. The van der Waals surface area contributed by atoms with Crippen LogP contribution in [0.15, 0.2) is 49.1 Å². The summed E-state index contributed by atoms with van der Waals surface area (Å²) in [6.45, 7) is 4.69. The van der Waals surface area contributed by atoms with E-state index in [4.69, 9.17) is 4.74 Å². The average Bonchev–Trinajstić information content (AvgIpc) is 2.58. The summed E-state index contributed by atoms with van der Waals surface area (Å²) >= 11 is 0. The Morgan fingerprint density at radius 1 is 1.23 bits per heavy atom. The van der Waals surface area contributed by atoms with Crippen molar-refractivity contribution in [3.8, 4) is 5.75 Å². The molecule has 2 aromatic rings. The van der Waals surface area contributed by atoms with Gasteiger partial charge in [-0.25, -0.2) is 0 Å². The Morgan fingerprint density at radius 3 is 2.64 bits per heavy atom. The van der Waals surface area contributed by atoms with Crippen LogP contribution in [0, 0.1) is 0 Å². The summed E-state index contributed by atoms with van der Waals surface area (Å²) in [7, 11) is 0. The Kier molecular flexibility index (Phi) is 5.89. The zero-order valence-corrected chi connectivity index (χ0v) is 13.0. The van der Waals surface area contributed by atoms with Gasteiger partial charge in [-0.1, -0.05) is 6.92 Å². The molecular weight excluding hydrogens is 278 g/mol. The van der Waals surface area contributed by atoms with Gasteiger partial charge in [0.1, 0.15) is 5.75 Å². The van der Waals surface area contributed by atoms with E-state index in [1.54, 1.807) is 36.9 Å². The lowest BCUT2D eigenvalue weighted by Gasteiger charge is -2.28. The second-order valence-electron chi connectivity index (χ2n) is 5.11. The molecule has 0 aliphatic heterocycles. The van der Waals surface area contributed by atoms with Crippen molar-refractivity contribution in [1.29, 1.82) is 0 Å². The van der Waals surface area contributed by atoms with Gasteiger partial charge in [0.25, 0.3) is 5.91 Å². The largest absolute Gasteiger partial charge is 0.482 e. The van der Waals surface area contributed by atoms with E-state index in [2.05, 4.69) is 16.9 Å². The summed E-state index contributed by atoms with van der Waals surface area (Å²) in [4.78, 5) is 22.3. The lowest BCUT2D eigenvalue weighted by atomic mass is 10.1. The molecule has 2 aromatic heterocycles. The van der Waals surface area contributed by atoms with Crippen molar-refractivity contribution in [2.24, 2.45) is 0 Å². The van der Waals surface area contributed by atoms with E-state index in [0.29, 0.717) is 12.3 Å². The predicted molar refractivity (Wildman–Crippen MR) is 84.3 cm³/mol. The van der Waals surface area contributed by atoms with Crippen molar-refractivity contribution in [3.05, 3.63) is 54.6 Å². The molecule has 2 heterocycles. The number of amides is 1. The molecule has 5 nitrogen and oxygen atoms in total. The second-order valence-corrected chi connectivity index (χ2v) is 5.11. The summed E-state index contributed by atoms with van der Waals surface area (Å²) in [5.74, 6) is 0.568. The maximum absolute atomic E-state index is 12.5. The van der Waals surface area contributed by atoms with Crippen LogP contribution < -0.4 is 4.74 Å². The first-order chi connectivity index (χ1) is 10.7. The van der Waals surface area contributed by atoms with E-state index >= 15 is 0 Å². The van der Waals surface area contributed by atoms with Gasteiger partial charge < -0.3 is 9.64 Å². The van der Waals surface area contributed by atoms with Crippen molar-refractivity contribution < 1.29 is 9.53 Å². The third-order valence-electron chi connectivity index (χ3n) is 3.54. The molecule has 0 fully saturated rings. The lowest BCUT2D eigenvalue weighted by Crippen LogP contribution is -2.40. The van der Waals surface area contributed by atoms with Crippen LogP contribution in [0.5, 0.6) is 5.75 Å². The van der Waals surface area contributed by atoms with Crippen molar-refractivity contribution in [3.63, 3.8) is 0 Å². The Balaban J connectivity index is 2.00. The van der Waals surface area contributed by atoms with Crippen LogP contribution in [-0.2, 0) is 11.3 Å². The number of nitrogens with zero attached hydrogens (tertiary/aromatic N) is 3. The van der Waals surface area contributed by atoms with Crippen molar-refractivity contribution in [1.82, 2.24) is 14.9 Å². The standard InChI is InChI=1S/C17H21N3O2/c1-3-14(2)20(12-15-6-9-18-10-7-15)17(21)13-22-16-5-4-8-19-11-16/h4-11,14H,3,12-13H2,1-2H3. The number of hydrogen-bond donors (Lipinski definition) is 0. The van der Waals surface area contributed by atoms with Crippen LogP contribution in [0.1, 0.15) is 25.8 Å². The quantitative estimate of drug-likeness (QED) is 0.789. The number of aromatic nitrogens is 2. The second kappa shape index (κ2) is 8.12. The minimum Gasteiger partial charge on any atom is -0.482 e. The number of carbonyl (C=O) groups is 1. The monoisotopic (exact) mass is 299 g/mol. The van der Waals surface area contributed by atoms with Crippen LogP contribution in [-0.4, -0.2) is 33.4 Å². The molecule has 22 heavy (non-hydrogen) atoms. The first kappa shape index (κ1) is 15.9. The third kappa shape index (κ3) is 4.55. The van der Waals surface area contributed by atoms with Crippen molar-refractivity contribution in [2.75, 3.05) is 6.61 Å². The summed E-state index contributed by atoms with van der Waals surface area (Å²) in [6.07, 6.45) is 7.64. The van der Waals surface area contributed by atoms with Crippen LogP contribution in [0.3, 0.4) is 0 Å². The maximum atomic E-state index is 12.5. The molecule has 0 radical (unpaired) electrons. The molecule has 2 rings (SSSR count). The van der Waals surface area contributed by atoms with Crippen LogP contribution in [0.2, 0.25) is 0 Å². The number of rotatable bonds is 7. The van der Waals surface area contributed by atoms with Gasteiger partial charge in [-0.15, -0.1) is 0 Å². The summed E-state index contributed by atoms with van der Waals surface area (Å²) in [5, 5.41) is 0. The molecule has 0 saturated heterocycles. The Hall–Kier alpha value is -2.43. The number of pyridine rings is 2. The topological polar surface area (TPSA) is 55.3 Å². The van der Waals surface area contributed by atoms with Gasteiger partial charge in [0, 0.05) is 31.2 Å². The molecule has 0 aromatic carbocycles. The molecule has 0 bridgehead atoms. The molecule has 1 atom stereocenters. The fourth-order valence-electron chi connectivity index (χ4n) is 2.06. The molecule has 1 unspecified atom stereocenters. The molecule has 5 heteroatoms. The molecule has 1 amide bonds. The first-order valence-corrected chi connectivity index (χ1v) is 7.42. The third-order valence-corrected chi connectivity index (χ3v) is 3.54. The van der Waals surface area contributed by atoms with E-state index in [1.807, 2.05) is 24.0 Å². The lowest BCUT2D eigenvalue weighted by molar-refractivity contribution is -0.136. The van der Waals surface area contributed by atoms with E-state index in [1.165, 1.54) is 0 Å². The van der Waals surface area contributed by atoms with Gasteiger partial charge in [0.05, 0.1) is 6.20 Å². The normalized spacial score (nSPS) is 11.7. The first-order valence-electron chi connectivity index (χ1n) is 7.42. The summed E-state index contributed by atoms with van der Waals surface area (Å²) < 4.78 is 5.52. The van der Waals surface area contributed by atoms with Gasteiger partial charge >= 0.3 is 0 Å².